The summed E-state index contributed by atoms with van der Waals surface area (Å²) in [5.74, 6) is 0.644. The summed E-state index contributed by atoms with van der Waals surface area (Å²) in [5.41, 5.74) is 2.49. The van der Waals surface area contributed by atoms with E-state index in [0.717, 1.165) is 22.8 Å². The molecule has 3 N–H and O–H groups in total. The lowest BCUT2D eigenvalue weighted by Crippen LogP contribution is -2.15. The van der Waals surface area contributed by atoms with Crippen molar-refractivity contribution >= 4 is 23.0 Å². The Labute approximate surface area is 149 Å². The molecular formula is C18H38N4O2. The molecule has 0 bridgehead atoms. The average Bonchev–Trinajstić information content (AvgIpc) is 2.58. The van der Waals surface area contributed by atoms with Gasteiger partial charge in [0.1, 0.15) is 5.75 Å². The van der Waals surface area contributed by atoms with Crippen LogP contribution < -0.4 is 25.6 Å². The fourth-order valence-electron chi connectivity index (χ4n) is 1.59. The summed E-state index contributed by atoms with van der Waals surface area (Å²) >= 11 is 0. The predicted molar refractivity (Wildman–Crippen MR) is 109 cm³/mol. The molecule has 1 aromatic carbocycles. The zero-order valence-electron chi connectivity index (χ0n) is 17.4. The highest BCUT2D eigenvalue weighted by Gasteiger charge is 2.12. The fraction of sp³-hybridized carbons (Fsp3) is 0.611. The lowest BCUT2D eigenvalue weighted by atomic mass is 10.2. The normalized spacial score (nSPS) is 8.12. The van der Waals surface area contributed by atoms with Gasteiger partial charge >= 0.3 is 0 Å². The molecular weight excluding hydrogens is 304 g/mol. The fourth-order valence-corrected chi connectivity index (χ4v) is 1.59. The van der Waals surface area contributed by atoms with E-state index in [1.807, 2.05) is 80.0 Å². The molecule has 0 spiro atoms. The number of benzene rings is 1. The van der Waals surface area contributed by atoms with Gasteiger partial charge in [0.2, 0.25) is 5.91 Å². The number of nitrogens with zero attached hydrogens (tertiary/aromatic N) is 1. The van der Waals surface area contributed by atoms with Gasteiger partial charge in [-0.15, -0.1) is 0 Å². The quantitative estimate of drug-likeness (QED) is 0.779. The highest BCUT2D eigenvalue weighted by Crippen LogP contribution is 2.35. The second kappa shape index (κ2) is 17.4. The van der Waals surface area contributed by atoms with Gasteiger partial charge in [0.15, 0.2) is 0 Å². The molecule has 0 heterocycles. The molecule has 0 unspecified atom stereocenters. The van der Waals surface area contributed by atoms with E-state index in [1.54, 1.807) is 7.11 Å². The highest BCUT2D eigenvalue weighted by atomic mass is 16.5. The lowest BCUT2D eigenvalue weighted by molar-refractivity contribution is -0.114. The second-order valence-corrected chi connectivity index (χ2v) is 4.40. The van der Waals surface area contributed by atoms with Gasteiger partial charge in [0.05, 0.1) is 24.2 Å². The Kier molecular flexibility index (Phi) is 19.5. The molecule has 0 aliphatic heterocycles. The van der Waals surface area contributed by atoms with Crippen LogP contribution in [0.2, 0.25) is 0 Å². The molecule has 1 rings (SSSR count). The number of anilines is 3. The number of rotatable bonds is 4. The van der Waals surface area contributed by atoms with Crippen LogP contribution in [0.1, 0.15) is 34.6 Å². The van der Waals surface area contributed by atoms with Crippen LogP contribution >= 0.6 is 0 Å². The average molecular weight is 343 g/mol. The number of carbonyl (C=O) groups is 1. The van der Waals surface area contributed by atoms with Crippen molar-refractivity contribution in [2.75, 3.05) is 57.9 Å². The van der Waals surface area contributed by atoms with Crippen LogP contribution in [0.25, 0.3) is 0 Å². The standard InChI is InChI=1S/C12H19N3O2.C2H7N.2C2H6/c1-8(16)14-9-6-10(13-2)12(17-5)7-11(9)15(3)4;1-3-2;2*1-2/h6-7,13H,1-5H3,(H,14,16);3H,1-2H3;2*1-2H3. The van der Waals surface area contributed by atoms with E-state index in [1.165, 1.54) is 6.92 Å². The van der Waals surface area contributed by atoms with Crippen molar-refractivity contribution in [1.29, 1.82) is 0 Å². The molecule has 0 aliphatic rings. The van der Waals surface area contributed by atoms with Crippen molar-refractivity contribution in [3.8, 4) is 5.75 Å². The molecule has 0 radical (unpaired) electrons. The number of hydrogen-bond donors (Lipinski definition) is 3. The van der Waals surface area contributed by atoms with E-state index in [2.05, 4.69) is 16.0 Å². The van der Waals surface area contributed by atoms with E-state index in [0.29, 0.717) is 0 Å². The van der Waals surface area contributed by atoms with Crippen LogP contribution in [0.4, 0.5) is 17.1 Å². The number of carbonyl (C=O) groups excluding carboxylic acids is 1. The molecule has 0 aromatic heterocycles. The molecule has 1 aromatic rings. The Hall–Kier alpha value is -1.95. The van der Waals surface area contributed by atoms with Gasteiger partial charge in [0, 0.05) is 34.1 Å². The van der Waals surface area contributed by atoms with Crippen molar-refractivity contribution < 1.29 is 9.53 Å². The van der Waals surface area contributed by atoms with Gasteiger partial charge in [-0.2, -0.15) is 0 Å². The zero-order chi connectivity index (χ0) is 19.7. The van der Waals surface area contributed by atoms with E-state index in [4.69, 9.17) is 4.74 Å². The van der Waals surface area contributed by atoms with E-state index in [9.17, 15) is 4.79 Å². The molecule has 6 heteroatoms. The Bertz CT molecular complexity index is 435. The van der Waals surface area contributed by atoms with Crippen molar-refractivity contribution in [2.24, 2.45) is 0 Å². The van der Waals surface area contributed by atoms with Crippen molar-refractivity contribution in [1.82, 2.24) is 5.32 Å². The Balaban J connectivity index is -0.000000549. The van der Waals surface area contributed by atoms with Crippen LogP contribution in [-0.4, -0.2) is 48.3 Å². The minimum Gasteiger partial charge on any atom is -0.495 e. The van der Waals surface area contributed by atoms with Gasteiger partial charge in [0.25, 0.3) is 0 Å². The molecule has 0 saturated carbocycles. The largest absolute Gasteiger partial charge is 0.495 e. The summed E-state index contributed by atoms with van der Waals surface area (Å²) in [4.78, 5) is 13.1. The van der Waals surface area contributed by atoms with E-state index in [-0.39, 0.29) is 5.91 Å². The van der Waals surface area contributed by atoms with Crippen molar-refractivity contribution in [3.63, 3.8) is 0 Å². The van der Waals surface area contributed by atoms with Crippen LogP contribution in [0.3, 0.4) is 0 Å². The Morgan fingerprint density at radius 1 is 1.00 bits per heavy atom. The van der Waals surface area contributed by atoms with Crippen LogP contribution in [0, 0.1) is 0 Å². The first-order chi connectivity index (χ1) is 11.4. The molecule has 0 atom stereocenters. The molecule has 0 aliphatic carbocycles. The first-order valence-electron chi connectivity index (χ1n) is 8.34. The van der Waals surface area contributed by atoms with E-state index < -0.39 is 0 Å². The Morgan fingerprint density at radius 2 is 1.46 bits per heavy atom. The maximum atomic E-state index is 11.2. The monoisotopic (exact) mass is 342 g/mol. The number of hydrogen-bond acceptors (Lipinski definition) is 5. The summed E-state index contributed by atoms with van der Waals surface area (Å²) < 4.78 is 5.29. The number of methoxy groups -OCH3 is 1. The molecule has 1 amide bonds. The topological polar surface area (TPSA) is 65.6 Å². The smallest absolute Gasteiger partial charge is 0.221 e. The summed E-state index contributed by atoms with van der Waals surface area (Å²) in [6.07, 6.45) is 0. The van der Waals surface area contributed by atoms with Crippen LogP contribution in [0.5, 0.6) is 5.75 Å². The number of amides is 1. The summed E-state index contributed by atoms with van der Waals surface area (Å²) in [7, 11) is 11.0. The van der Waals surface area contributed by atoms with Crippen molar-refractivity contribution in [3.05, 3.63) is 12.1 Å². The number of nitrogens with one attached hydrogen (secondary N) is 3. The first-order valence-corrected chi connectivity index (χ1v) is 8.34. The Morgan fingerprint density at radius 3 is 1.75 bits per heavy atom. The van der Waals surface area contributed by atoms with Gasteiger partial charge in [-0.05, 0) is 20.2 Å². The van der Waals surface area contributed by atoms with Gasteiger partial charge in [-0.25, -0.2) is 0 Å². The molecule has 24 heavy (non-hydrogen) atoms. The van der Waals surface area contributed by atoms with E-state index >= 15 is 0 Å². The van der Waals surface area contributed by atoms with Gasteiger partial charge < -0.3 is 25.6 Å². The third-order valence-corrected chi connectivity index (χ3v) is 2.38. The maximum Gasteiger partial charge on any atom is 0.221 e. The maximum absolute atomic E-state index is 11.2. The molecule has 0 fully saturated rings. The number of ether oxygens (including phenoxy) is 1. The zero-order valence-corrected chi connectivity index (χ0v) is 17.4. The lowest BCUT2D eigenvalue weighted by Gasteiger charge is -2.20. The van der Waals surface area contributed by atoms with Crippen LogP contribution in [-0.2, 0) is 4.79 Å². The van der Waals surface area contributed by atoms with Crippen molar-refractivity contribution in [2.45, 2.75) is 34.6 Å². The predicted octanol–water partition coefficient (Wildman–Crippen LogP) is 3.65. The van der Waals surface area contributed by atoms with Gasteiger partial charge in [-0.3, -0.25) is 4.79 Å². The molecule has 0 saturated heterocycles. The highest BCUT2D eigenvalue weighted by molar-refractivity contribution is 5.94. The summed E-state index contributed by atoms with van der Waals surface area (Å²) in [6.45, 7) is 9.49. The summed E-state index contributed by atoms with van der Waals surface area (Å²) in [5, 5.41) is 8.59. The SMILES string of the molecule is CC.CC.CNC.CNc1cc(NC(C)=O)c(N(C)C)cc1OC. The molecule has 142 valence electrons. The van der Waals surface area contributed by atoms with Crippen LogP contribution in [0.15, 0.2) is 12.1 Å². The third-order valence-electron chi connectivity index (χ3n) is 2.38. The third kappa shape index (κ3) is 10.7. The molecule has 6 nitrogen and oxygen atoms in total. The first kappa shape index (κ1) is 26.9. The van der Waals surface area contributed by atoms with Gasteiger partial charge in [-0.1, -0.05) is 27.7 Å². The second-order valence-electron chi connectivity index (χ2n) is 4.40. The summed E-state index contributed by atoms with van der Waals surface area (Å²) in [6, 6.07) is 3.74. The minimum absolute atomic E-state index is 0.0969. The minimum atomic E-state index is -0.0969.